The van der Waals surface area contributed by atoms with Gasteiger partial charge in [0.25, 0.3) is 5.91 Å². The van der Waals surface area contributed by atoms with E-state index >= 15 is 0 Å². The second kappa shape index (κ2) is 8.93. The van der Waals surface area contributed by atoms with Gasteiger partial charge < -0.3 is 24.2 Å². The van der Waals surface area contributed by atoms with E-state index in [4.69, 9.17) is 14.2 Å². The maximum Gasteiger partial charge on any atom is 0.260 e. The summed E-state index contributed by atoms with van der Waals surface area (Å²) in [4.78, 5) is 16.9. The molecule has 2 atom stereocenters. The smallest absolute Gasteiger partial charge is 0.260 e. The molecule has 1 unspecified atom stereocenters. The molecule has 1 saturated heterocycles. The highest BCUT2D eigenvalue weighted by Gasteiger charge is 2.28. The average molecular weight is 412 g/mol. The predicted octanol–water partition coefficient (Wildman–Crippen LogP) is 2.37. The van der Waals surface area contributed by atoms with E-state index in [-0.39, 0.29) is 31.5 Å². The first-order chi connectivity index (χ1) is 14.5. The van der Waals surface area contributed by atoms with Crippen LogP contribution in [0.4, 0.5) is 0 Å². The number of hydrogen-bond donors (Lipinski definition) is 1. The molecule has 0 spiro atoms. The minimum absolute atomic E-state index is 0.0684. The summed E-state index contributed by atoms with van der Waals surface area (Å²) in [7, 11) is 1.81. The van der Waals surface area contributed by atoms with Crippen LogP contribution in [-0.4, -0.2) is 67.0 Å². The van der Waals surface area contributed by atoms with Crippen LogP contribution in [0.15, 0.2) is 42.5 Å². The Morgan fingerprint density at radius 3 is 2.87 bits per heavy atom. The molecule has 0 aliphatic carbocycles. The number of carbonyl (C=O) groups is 1. The average Bonchev–Trinajstić information content (AvgIpc) is 3.37. The number of β-amino-alcohol motifs (C(OH)–C–C–N with tert-alkyl or cyclic N) is 1. The number of likely N-dealkylation sites (N-methyl/N-ethyl adjacent to an activating group) is 1. The Labute approximate surface area is 176 Å². The van der Waals surface area contributed by atoms with Crippen molar-refractivity contribution in [2.75, 3.05) is 40.1 Å². The van der Waals surface area contributed by atoms with Gasteiger partial charge in [-0.15, -0.1) is 0 Å². The lowest BCUT2D eigenvalue weighted by Gasteiger charge is -2.32. The Morgan fingerprint density at radius 1 is 1.27 bits per heavy atom. The fraction of sp³-hybridized carbons (Fsp3) is 0.435. The zero-order valence-electron chi connectivity index (χ0n) is 17.4. The quantitative estimate of drug-likeness (QED) is 0.753. The van der Waals surface area contributed by atoms with E-state index in [1.54, 1.807) is 23.1 Å². The van der Waals surface area contributed by atoms with Gasteiger partial charge in [-0.05, 0) is 31.0 Å². The van der Waals surface area contributed by atoms with Crippen LogP contribution in [0.2, 0.25) is 0 Å². The van der Waals surface area contributed by atoms with E-state index in [0.29, 0.717) is 30.3 Å². The normalized spacial score (nSPS) is 19.0. The molecule has 1 fully saturated rings. The Hall–Kier alpha value is -2.77. The van der Waals surface area contributed by atoms with Gasteiger partial charge >= 0.3 is 0 Å². The Morgan fingerprint density at radius 2 is 2.10 bits per heavy atom. The zero-order chi connectivity index (χ0) is 21.1. The monoisotopic (exact) mass is 412 g/mol. The lowest BCUT2D eigenvalue weighted by Crippen LogP contribution is -2.41. The lowest BCUT2D eigenvalue weighted by molar-refractivity contribution is -0.134. The second-order valence-corrected chi connectivity index (χ2v) is 7.94. The van der Waals surface area contributed by atoms with Crippen molar-refractivity contribution < 1.29 is 24.1 Å². The number of aryl methyl sites for hydroxylation is 1. The summed E-state index contributed by atoms with van der Waals surface area (Å²) in [5.41, 5.74) is 2.23. The molecule has 160 valence electrons. The first kappa shape index (κ1) is 20.5. The molecule has 1 amide bonds. The molecule has 4 rings (SSSR count). The highest BCUT2D eigenvalue weighted by molar-refractivity contribution is 5.78. The molecule has 2 aromatic carbocycles. The number of ether oxygens (including phenoxy) is 3. The maximum atomic E-state index is 13.0. The van der Waals surface area contributed by atoms with Crippen LogP contribution in [0.3, 0.4) is 0 Å². The predicted molar refractivity (Wildman–Crippen MR) is 112 cm³/mol. The summed E-state index contributed by atoms with van der Waals surface area (Å²) >= 11 is 0. The van der Waals surface area contributed by atoms with Crippen molar-refractivity contribution in [1.29, 1.82) is 0 Å². The first-order valence-corrected chi connectivity index (χ1v) is 10.2. The highest BCUT2D eigenvalue weighted by atomic mass is 16.7. The topological polar surface area (TPSA) is 71.5 Å². The molecule has 1 N–H and O–H groups in total. The van der Waals surface area contributed by atoms with Crippen molar-refractivity contribution >= 4 is 5.91 Å². The van der Waals surface area contributed by atoms with Gasteiger partial charge in [-0.2, -0.15) is 0 Å². The molecule has 0 aromatic heterocycles. The minimum atomic E-state index is -0.293. The van der Waals surface area contributed by atoms with Crippen molar-refractivity contribution in [3.05, 3.63) is 53.6 Å². The summed E-state index contributed by atoms with van der Waals surface area (Å²) in [6, 6.07) is 13.4. The Kier molecular flexibility index (Phi) is 6.11. The number of fused-ring (bicyclic) bond motifs is 1. The van der Waals surface area contributed by atoms with Gasteiger partial charge in [0.15, 0.2) is 18.1 Å². The third-order valence-corrected chi connectivity index (χ3v) is 5.67. The molecular weight excluding hydrogens is 384 g/mol. The summed E-state index contributed by atoms with van der Waals surface area (Å²) in [6.45, 7) is 4.32. The van der Waals surface area contributed by atoms with Gasteiger partial charge in [0.1, 0.15) is 5.75 Å². The molecule has 2 aliphatic heterocycles. The van der Waals surface area contributed by atoms with Gasteiger partial charge in [0.2, 0.25) is 6.79 Å². The van der Waals surface area contributed by atoms with Crippen LogP contribution in [0.5, 0.6) is 17.2 Å². The lowest BCUT2D eigenvalue weighted by atomic mass is 10.0. The van der Waals surface area contributed by atoms with Crippen molar-refractivity contribution in [2.45, 2.75) is 25.5 Å². The SMILES string of the molecule is Cc1cccc(C(CN2CC[C@H](O)C2)N(C)C(=O)COc2ccc3c(c2)OCO3)c1. The number of benzene rings is 2. The van der Waals surface area contributed by atoms with Crippen LogP contribution < -0.4 is 14.2 Å². The molecular formula is C23H28N2O5. The number of nitrogens with zero attached hydrogens (tertiary/aromatic N) is 2. The fourth-order valence-electron chi connectivity index (χ4n) is 3.94. The maximum absolute atomic E-state index is 13.0. The van der Waals surface area contributed by atoms with E-state index in [9.17, 15) is 9.90 Å². The van der Waals surface area contributed by atoms with E-state index in [2.05, 4.69) is 11.0 Å². The van der Waals surface area contributed by atoms with E-state index in [1.165, 1.54) is 0 Å². The highest BCUT2D eigenvalue weighted by Crippen LogP contribution is 2.35. The molecule has 2 aliphatic rings. The molecule has 2 heterocycles. The third-order valence-electron chi connectivity index (χ3n) is 5.67. The Balaban J connectivity index is 1.44. The molecule has 30 heavy (non-hydrogen) atoms. The molecule has 0 radical (unpaired) electrons. The number of likely N-dealkylation sites (tertiary alicyclic amines) is 1. The molecule has 0 bridgehead atoms. The third kappa shape index (κ3) is 4.68. The van der Waals surface area contributed by atoms with E-state index < -0.39 is 0 Å². The van der Waals surface area contributed by atoms with Gasteiger partial charge in [0.05, 0.1) is 12.1 Å². The summed E-state index contributed by atoms with van der Waals surface area (Å²) in [5.74, 6) is 1.76. The Bertz CT molecular complexity index is 903. The number of amides is 1. The molecule has 0 saturated carbocycles. The zero-order valence-corrected chi connectivity index (χ0v) is 17.4. The first-order valence-electron chi connectivity index (χ1n) is 10.2. The summed E-state index contributed by atoms with van der Waals surface area (Å²) < 4.78 is 16.4. The standard InChI is InChI=1S/C23H28N2O5/c1-16-4-3-5-17(10-16)20(13-25-9-8-18(26)12-25)24(2)23(27)14-28-19-6-7-21-22(11-19)30-15-29-21/h3-7,10-11,18,20,26H,8-9,12-15H2,1-2H3/t18-,20?/m0/s1. The van der Waals surface area contributed by atoms with Gasteiger partial charge in [-0.25, -0.2) is 0 Å². The fourth-order valence-corrected chi connectivity index (χ4v) is 3.94. The van der Waals surface area contributed by atoms with Crippen LogP contribution in [0.1, 0.15) is 23.6 Å². The van der Waals surface area contributed by atoms with Crippen LogP contribution in [0.25, 0.3) is 0 Å². The minimum Gasteiger partial charge on any atom is -0.484 e. The molecule has 2 aromatic rings. The number of rotatable bonds is 7. The van der Waals surface area contributed by atoms with Crippen molar-refractivity contribution in [3.63, 3.8) is 0 Å². The van der Waals surface area contributed by atoms with Gasteiger partial charge in [-0.1, -0.05) is 29.8 Å². The van der Waals surface area contributed by atoms with Crippen molar-refractivity contribution in [2.24, 2.45) is 0 Å². The van der Waals surface area contributed by atoms with Gasteiger partial charge in [-0.3, -0.25) is 9.69 Å². The number of carbonyl (C=O) groups excluding carboxylic acids is 1. The largest absolute Gasteiger partial charge is 0.484 e. The molecule has 7 nitrogen and oxygen atoms in total. The van der Waals surface area contributed by atoms with Crippen LogP contribution in [0, 0.1) is 6.92 Å². The molecule has 7 heteroatoms. The summed E-state index contributed by atoms with van der Waals surface area (Å²) in [5, 5.41) is 9.89. The van der Waals surface area contributed by atoms with Crippen LogP contribution >= 0.6 is 0 Å². The number of aliphatic hydroxyl groups is 1. The second-order valence-electron chi connectivity index (χ2n) is 7.94. The number of hydrogen-bond acceptors (Lipinski definition) is 6. The van der Waals surface area contributed by atoms with Gasteiger partial charge in [0, 0.05) is 32.7 Å². The summed E-state index contributed by atoms with van der Waals surface area (Å²) in [6.07, 6.45) is 0.476. The van der Waals surface area contributed by atoms with Crippen molar-refractivity contribution in [3.8, 4) is 17.2 Å². The van der Waals surface area contributed by atoms with E-state index in [1.807, 2.05) is 32.2 Å². The van der Waals surface area contributed by atoms with Crippen LogP contribution in [-0.2, 0) is 4.79 Å². The number of aliphatic hydroxyl groups excluding tert-OH is 1. The van der Waals surface area contributed by atoms with Crippen molar-refractivity contribution in [1.82, 2.24) is 9.80 Å². The van der Waals surface area contributed by atoms with E-state index in [0.717, 1.165) is 24.1 Å².